The smallest absolute Gasteiger partial charge is 0.250 e. The van der Waals surface area contributed by atoms with E-state index in [0.29, 0.717) is 5.92 Å². The largest absolute Gasteiger partial charge is 0.396 e. The van der Waals surface area contributed by atoms with Crippen molar-refractivity contribution in [2.24, 2.45) is 13.0 Å². The molecule has 0 saturated carbocycles. The van der Waals surface area contributed by atoms with Gasteiger partial charge in [-0.25, -0.2) is 0 Å². The van der Waals surface area contributed by atoms with Crippen LogP contribution in [0.25, 0.3) is 0 Å². The highest BCUT2D eigenvalue weighted by Gasteiger charge is 2.25. The molecule has 2 heterocycles. The molecule has 1 aromatic heterocycles. The summed E-state index contributed by atoms with van der Waals surface area (Å²) in [7, 11) is 1.75. The number of nitrogens with zero attached hydrogens (tertiary/aromatic N) is 2. The Morgan fingerprint density at radius 1 is 1.53 bits per heavy atom. The van der Waals surface area contributed by atoms with Crippen molar-refractivity contribution in [2.45, 2.75) is 6.54 Å². The summed E-state index contributed by atoms with van der Waals surface area (Å²) in [5.74, 6) is 0.427. The van der Waals surface area contributed by atoms with Crippen molar-refractivity contribution in [2.75, 3.05) is 19.7 Å². The number of aromatic nitrogens is 1. The maximum Gasteiger partial charge on any atom is 0.250 e. The van der Waals surface area contributed by atoms with Crippen molar-refractivity contribution < 1.29 is 5.11 Å². The summed E-state index contributed by atoms with van der Waals surface area (Å²) in [4.78, 5) is 13.6. The van der Waals surface area contributed by atoms with E-state index in [-0.39, 0.29) is 12.2 Å². The molecule has 0 aromatic carbocycles. The molecule has 2 rings (SSSR count). The van der Waals surface area contributed by atoms with Gasteiger partial charge in [0, 0.05) is 51.5 Å². The van der Waals surface area contributed by atoms with Gasteiger partial charge >= 0.3 is 0 Å². The van der Waals surface area contributed by atoms with Crippen molar-refractivity contribution in [3.63, 3.8) is 0 Å². The lowest BCUT2D eigenvalue weighted by Crippen LogP contribution is -2.47. The predicted molar refractivity (Wildman–Crippen MR) is 57.5 cm³/mol. The number of aliphatic hydroxyl groups excluding tert-OH is 1. The topological polar surface area (TPSA) is 45.5 Å². The number of hydrogen-bond donors (Lipinski definition) is 1. The van der Waals surface area contributed by atoms with Gasteiger partial charge in [0.05, 0.1) is 0 Å². The molecule has 0 spiro atoms. The third-order valence-corrected chi connectivity index (χ3v) is 2.87. The van der Waals surface area contributed by atoms with Gasteiger partial charge in [-0.2, -0.15) is 0 Å². The maximum absolute atomic E-state index is 11.4. The standard InChI is InChI=1S/C11H16N2O2/c1-12-3-2-9(4-11(12)15)5-13-6-10(7-13)8-14/h2-4,10,14H,5-8H2,1H3. The zero-order valence-corrected chi connectivity index (χ0v) is 8.89. The first-order chi connectivity index (χ1) is 7.19. The number of aryl methyl sites for hydroxylation is 1. The Balaban J connectivity index is 1.95. The van der Waals surface area contributed by atoms with E-state index >= 15 is 0 Å². The average molecular weight is 208 g/mol. The fraction of sp³-hybridized carbons (Fsp3) is 0.545. The highest BCUT2D eigenvalue weighted by molar-refractivity contribution is 5.11. The molecule has 0 radical (unpaired) electrons. The fourth-order valence-electron chi connectivity index (χ4n) is 1.87. The monoisotopic (exact) mass is 208 g/mol. The summed E-state index contributed by atoms with van der Waals surface area (Å²) in [6.07, 6.45) is 1.79. The van der Waals surface area contributed by atoms with Crippen LogP contribution in [-0.4, -0.2) is 34.3 Å². The lowest BCUT2D eigenvalue weighted by atomic mass is 10.0. The second-order valence-corrected chi connectivity index (χ2v) is 4.23. The SMILES string of the molecule is Cn1ccc(CN2CC(CO)C2)cc1=O. The fourth-order valence-corrected chi connectivity index (χ4v) is 1.87. The lowest BCUT2D eigenvalue weighted by Gasteiger charge is -2.38. The summed E-state index contributed by atoms with van der Waals surface area (Å²) < 4.78 is 1.57. The minimum absolute atomic E-state index is 0.0340. The molecule has 4 heteroatoms. The van der Waals surface area contributed by atoms with E-state index in [1.165, 1.54) is 0 Å². The van der Waals surface area contributed by atoms with Crippen LogP contribution in [0, 0.1) is 5.92 Å². The molecule has 1 aliphatic heterocycles. The van der Waals surface area contributed by atoms with Crippen LogP contribution >= 0.6 is 0 Å². The molecule has 4 nitrogen and oxygen atoms in total. The zero-order chi connectivity index (χ0) is 10.8. The van der Waals surface area contributed by atoms with Gasteiger partial charge in [0.25, 0.3) is 5.56 Å². The van der Waals surface area contributed by atoms with Gasteiger partial charge in [0.2, 0.25) is 0 Å². The highest BCUT2D eigenvalue weighted by Crippen LogP contribution is 2.16. The van der Waals surface area contributed by atoms with E-state index in [4.69, 9.17) is 5.11 Å². The second-order valence-electron chi connectivity index (χ2n) is 4.23. The molecule has 0 amide bonds. The van der Waals surface area contributed by atoms with E-state index in [2.05, 4.69) is 4.90 Å². The lowest BCUT2D eigenvalue weighted by molar-refractivity contribution is 0.0479. The molecule has 1 saturated heterocycles. The first-order valence-electron chi connectivity index (χ1n) is 5.18. The van der Waals surface area contributed by atoms with Crippen LogP contribution in [-0.2, 0) is 13.6 Å². The molecular weight excluding hydrogens is 192 g/mol. The number of pyridine rings is 1. The number of likely N-dealkylation sites (tertiary alicyclic amines) is 1. The molecular formula is C11H16N2O2. The minimum atomic E-state index is 0.0340. The number of rotatable bonds is 3. The predicted octanol–water partition coefficient (Wildman–Crippen LogP) is -0.191. The summed E-state index contributed by atoms with van der Waals surface area (Å²) in [5, 5.41) is 8.87. The molecule has 82 valence electrons. The van der Waals surface area contributed by atoms with E-state index in [9.17, 15) is 4.79 Å². The molecule has 1 N–H and O–H groups in total. The second kappa shape index (κ2) is 4.16. The van der Waals surface area contributed by atoms with Gasteiger partial charge in [-0.15, -0.1) is 0 Å². The Hall–Kier alpha value is -1.13. The first-order valence-corrected chi connectivity index (χ1v) is 5.18. The zero-order valence-electron chi connectivity index (χ0n) is 8.89. The summed E-state index contributed by atoms with van der Waals surface area (Å²) in [6.45, 7) is 2.96. The Morgan fingerprint density at radius 3 is 2.87 bits per heavy atom. The van der Waals surface area contributed by atoms with Crippen molar-refractivity contribution in [3.05, 3.63) is 34.2 Å². The maximum atomic E-state index is 11.4. The third kappa shape index (κ3) is 2.27. The Bertz CT molecular complexity index is 394. The molecule has 0 unspecified atom stereocenters. The molecule has 15 heavy (non-hydrogen) atoms. The summed E-state index contributed by atoms with van der Waals surface area (Å²) in [5.41, 5.74) is 1.08. The normalized spacial score (nSPS) is 17.7. The molecule has 0 bridgehead atoms. The minimum Gasteiger partial charge on any atom is -0.396 e. The first kappa shape index (κ1) is 10.4. The van der Waals surface area contributed by atoms with Crippen molar-refractivity contribution >= 4 is 0 Å². The molecule has 0 atom stereocenters. The van der Waals surface area contributed by atoms with E-state index in [0.717, 1.165) is 25.2 Å². The van der Waals surface area contributed by atoms with Crippen molar-refractivity contribution in [3.8, 4) is 0 Å². The van der Waals surface area contributed by atoms with Crippen LogP contribution in [0.4, 0.5) is 0 Å². The van der Waals surface area contributed by atoms with Crippen LogP contribution in [0.5, 0.6) is 0 Å². The van der Waals surface area contributed by atoms with Gasteiger partial charge in [0.1, 0.15) is 0 Å². The van der Waals surface area contributed by atoms with Crippen LogP contribution in [0.2, 0.25) is 0 Å². The summed E-state index contributed by atoms with van der Waals surface area (Å²) in [6, 6.07) is 3.64. The van der Waals surface area contributed by atoms with Gasteiger partial charge < -0.3 is 9.67 Å². The van der Waals surface area contributed by atoms with E-state index in [1.807, 2.05) is 6.07 Å². The van der Waals surface area contributed by atoms with Crippen LogP contribution in [0.1, 0.15) is 5.56 Å². The molecule has 1 aliphatic rings. The highest BCUT2D eigenvalue weighted by atomic mass is 16.3. The van der Waals surface area contributed by atoms with Gasteiger partial charge in [-0.05, 0) is 11.6 Å². The molecule has 1 fully saturated rings. The number of aliphatic hydroxyl groups is 1. The van der Waals surface area contributed by atoms with Crippen LogP contribution in [0.15, 0.2) is 23.1 Å². The average Bonchev–Trinajstić information content (AvgIpc) is 2.16. The van der Waals surface area contributed by atoms with Crippen LogP contribution in [0.3, 0.4) is 0 Å². The van der Waals surface area contributed by atoms with E-state index in [1.54, 1.807) is 23.9 Å². The number of hydrogen-bond acceptors (Lipinski definition) is 3. The van der Waals surface area contributed by atoms with Crippen molar-refractivity contribution in [1.29, 1.82) is 0 Å². The molecule has 1 aromatic rings. The van der Waals surface area contributed by atoms with Crippen molar-refractivity contribution in [1.82, 2.24) is 9.47 Å². The van der Waals surface area contributed by atoms with E-state index < -0.39 is 0 Å². The van der Waals surface area contributed by atoms with Gasteiger partial charge in [0.15, 0.2) is 0 Å². The third-order valence-electron chi connectivity index (χ3n) is 2.87. The molecule has 0 aliphatic carbocycles. The Kier molecular flexibility index (Phi) is 2.88. The van der Waals surface area contributed by atoms with Crippen LogP contribution < -0.4 is 5.56 Å². The Morgan fingerprint density at radius 2 is 2.27 bits per heavy atom. The van der Waals surface area contributed by atoms with Gasteiger partial charge in [-0.1, -0.05) is 0 Å². The van der Waals surface area contributed by atoms with Gasteiger partial charge in [-0.3, -0.25) is 9.69 Å². The summed E-state index contributed by atoms with van der Waals surface area (Å²) >= 11 is 0. The quantitative estimate of drug-likeness (QED) is 0.749. The Labute approximate surface area is 88.8 Å².